The van der Waals surface area contributed by atoms with Gasteiger partial charge in [-0.05, 0) is 34.9 Å². The van der Waals surface area contributed by atoms with E-state index in [-0.39, 0.29) is 23.6 Å². The summed E-state index contributed by atoms with van der Waals surface area (Å²) in [5, 5.41) is 6.55. The number of carbonyl (C=O) groups excluding carboxylic acids is 1. The molecule has 0 saturated carbocycles. The Bertz CT molecular complexity index is 1100. The van der Waals surface area contributed by atoms with E-state index < -0.39 is 17.7 Å². The molecule has 0 bridgehead atoms. The van der Waals surface area contributed by atoms with Gasteiger partial charge in [0.05, 0.1) is 18.9 Å². The third-order valence-electron chi connectivity index (χ3n) is 5.07. The van der Waals surface area contributed by atoms with Crippen molar-refractivity contribution in [2.75, 3.05) is 0 Å². The molecule has 1 atom stereocenters. The molecule has 1 aliphatic rings. The first kappa shape index (κ1) is 21.6. The van der Waals surface area contributed by atoms with E-state index in [1.165, 1.54) is 0 Å². The van der Waals surface area contributed by atoms with Crippen LogP contribution in [-0.2, 0) is 34.1 Å². The smallest absolute Gasteiger partial charge is 0.264 e. The summed E-state index contributed by atoms with van der Waals surface area (Å²) in [7, 11) is 0. The van der Waals surface area contributed by atoms with Crippen LogP contribution in [0, 0.1) is 11.6 Å². The van der Waals surface area contributed by atoms with Gasteiger partial charge in [-0.25, -0.2) is 8.78 Å². The van der Waals surface area contributed by atoms with Gasteiger partial charge in [-0.15, -0.1) is 0 Å². The molecule has 5 nitrogen and oxygen atoms in total. The van der Waals surface area contributed by atoms with Crippen molar-refractivity contribution in [1.29, 1.82) is 0 Å². The van der Waals surface area contributed by atoms with E-state index in [0.29, 0.717) is 19.8 Å². The van der Waals surface area contributed by atoms with Gasteiger partial charge in [-0.1, -0.05) is 59.8 Å². The Hall–Kier alpha value is -3.58. The maximum absolute atomic E-state index is 13.9. The van der Waals surface area contributed by atoms with Gasteiger partial charge in [-0.3, -0.25) is 4.79 Å². The van der Waals surface area contributed by atoms with E-state index in [9.17, 15) is 13.6 Å². The van der Waals surface area contributed by atoms with Crippen LogP contribution in [0.25, 0.3) is 0 Å². The maximum atomic E-state index is 13.9. The highest BCUT2D eigenvalue weighted by Crippen LogP contribution is 2.20. The lowest BCUT2D eigenvalue weighted by Crippen LogP contribution is -2.34. The van der Waals surface area contributed by atoms with Gasteiger partial charge in [0.15, 0.2) is 0 Å². The predicted octanol–water partition coefficient (Wildman–Crippen LogP) is 4.49. The van der Waals surface area contributed by atoms with Gasteiger partial charge in [-0.2, -0.15) is 0 Å². The molecular formula is C25H22F2N2O3. The van der Waals surface area contributed by atoms with E-state index >= 15 is 0 Å². The number of carbonyl (C=O) groups is 1. The second-order valence-corrected chi connectivity index (χ2v) is 7.47. The van der Waals surface area contributed by atoms with Crippen molar-refractivity contribution in [2.24, 2.45) is 5.16 Å². The predicted molar refractivity (Wildman–Crippen MR) is 116 cm³/mol. The molecule has 7 heteroatoms. The normalized spacial score (nSPS) is 15.2. The standard InChI is InChI=1S/C25H22F2N2O3/c26-20-10-11-22(27)21(12-20)23-13-24(32-29-23)25(30)28-14-17-6-8-19(9-7-17)16-31-15-18-4-2-1-3-5-18/h1-12,24H,13-16H2,(H,28,30). The van der Waals surface area contributed by atoms with Crippen molar-refractivity contribution >= 4 is 11.6 Å². The zero-order chi connectivity index (χ0) is 22.3. The minimum Gasteiger partial charge on any atom is -0.382 e. The molecule has 0 saturated heterocycles. The lowest BCUT2D eigenvalue weighted by atomic mass is 10.0. The van der Waals surface area contributed by atoms with Gasteiger partial charge in [0.2, 0.25) is 6.10 Å². The highest BCUT2D eigenvalue weighted by molar-refractivity contribution is 6.04. The average Bonchev–Trinajstić information content (AvgIpc) is 3.31. The minimum atomic E-state index is -0.877. The summed E-state index contributed by atoms with van der Waals surface area (Å²) in [5.41, 5.74) is 3.28. The molecule has 3 aromatic carbocycles. The van der Waals surface area contributed by atoms with Gasteiger partial charge in [0.1, 0.15) is 11.6 Å². The topological polar surface area (TPSA) is 59.9 Å². The number of benzene rings is 3. The molecule has 32 heavy (non-hydrogen) atoms. The van der Waals surface area contributed by atoms with Crippen molar-refractivity contribution < 1.29 is 23.1 Å². The van der Waals surface area contributed by atoms with Crippen LogP contribution in [0.5, 0.6) is 0 Å². The molecule has 0 fully saturated rings. The number of hydrogen-bond donors (Lipinski definition) is 1. The van der Waals surface area contributed by atoms with Gasteiger partial charge >= 0.3 is 0 Å². The molecule has 0 aromatic heterocycles. The highest BCUT2D eigenvalue weighted by atomic mass is 19.1. The maximum Gasteiger partial charge on any atom is 0.264 e. The summed E-state index contributed by atoms with van der Waals surface area (Å²) in [6, 6.07) is 20.8. The first-order valence-electron chi connectivity index (χ1n) is 10.2. The summed E-state index contributed by atoms with van der Waals surface area (Å²) in [6.07, 6.45) is -0.803. The first-order valence-corrected chi connectivity index (χ1v) is 10.2. The number of hydrogen-bond acceptors (Lipinski definition) is 4. The van der Waals surface area contributed by atoms with Crippen molar-refractivity contribution in [1.82, 2.24) is 5.32 Å². The quantitative estimate of drug-likeness (QED) is 0.566. The van der Waals surface area contributed by atoms with Crippen LogP contribution in [0.2, 0.25) is 0 Å². The molecule has 1 aliphatic heterocycles. The zero-order valence-corrected chi connectivity index (χ0v) is 17.3. The lowest BCUT2D eigenvalue weighted by Gasteiger charge is -2.10. The summed E-state index contributed by atoms with van der Waals surface area (Å²) < 4.78 is 33.0. The molecule has 1 unspecified atom stereocenters. The average molecular weight is 436 g/mol. The Balaban J connectivity index is 1.22. The highest BCUT2D eigenvalue weighted by Gasteiger charge is 2.30. The molecule has 0 aliphatic carbocycles. The number of ether oxygens (including phenoxy) is 1. The Morgan fingerprint density at radius 2 is 1.66 bits per heavy atom. The molecule has 4 rings (SSSR count). The molecule has 0 spiro atoms. The van der Waals surface area contributed by atoms with Crippen LogP contribution in [0.1, 0.15) is 28.7 Å². The number of amides is 1. The molecular weight excluding hydrogens is 414 g/mol. The Morgan fingerprint density at radius 1 is 0.969 bits per heavy atom. The fraction of sp³-hybridized carbons (Fsp3) is 0.200. The van der Waals surface area contributed by atoms with Crippen molar-refractivity contribution in [2.45, 2.75) is 32.3 Å². The van der Waals surface area contributed by atoms with Crippen molar-refractivity contribution in [3.8, 4) is 0 Å². The van der Waals surface area contributed by atoms with E-state index in [4.69, 9.17) is 9.57 Å². The van der Waals surface area contributed by atoms with Crippen LogP contribution in [-0.4, -0.2) is 17.7 Å². The van der Waals surface area contributed by atoms with E-state index in [2.05, 4.69) is 10.5 Å². The Kier molecular flexibility index (Phi) is 6.87. The summed E-state index contributed by atoms with van der Waals surface area (Å²) >= 11 is 0. The van der Waals surface area contributed by atoms with E-state index in [0.717, 1.165) is 34.9 Å². The fourth-order valence-corrected chi connectivity index (χ4v) is 3.31. The van der Waals surface area contributed by atoms with Crippen LogP contribution in [0.15, 0.2) is 78.0 Å². The zero-order valence-electron chi connectivity index (χ0n) is 17.3. The van der Waals surface area contributed by atoms with Crippen LogP contribution < -0.4 is 5.32 Å². The van der Waals surface area contributed by atoms with Crippen LogP contribution >= 0.6 is 0 Å². The van der Waals surface area contributed by atoms with Crippen molar-refractivity contribution in [3.63, 3.8) is 0 Å². The summed E-state index contributed by atoms with van der Waals surface area (Å²) in [6.45, 7) is 1.35. The fourth-order valence-electron chi connectivity index (χ4n) is 3.31. The second-order valence-electron chi connectivity index (χ2n) is 7.47. The monoisotopic (exact) mass is 436 g/mol. The molecule has 1 N–H and O–H groups in total. The van der Waals surface area contributed by atoms with E-state index in [1.807, 2.05) is 54.6 Å². The number of nitrogens with one attached hydrogen (secondary N) is 1. The summed E-state index contributed by atoms with van der Waals surface area (Å²) in [5.74, 6) is -1.55. The van der Waals surface area contributed by atoms with Crippen molar-refractivity contribution in [3.05, 3.63) is 107 Å². The van der Waals surface area contributed by atoms with Crippen LogP contribution in [0.4, 0.5) is 8.78 Å². The number of rotatable bonds is 8. The molecule has 164 valence electrons. The lowest BCUT2D eigenvalue weighted by molar-refractivity contribution is -0.131. The molecule has 0 radical (unpaired) electrons. The first-order chi connectivity index (χ1) is 15.6. The largest absolute Gasteiger partial charge is 0.382 e. The second kappa shape index (κ2) is 10.2. The van der Waals surface area contributed by atoms with Gasteiger partial charge in [0, 0.05) is 18.5 Å². The van der Waals surface area contributed by atoms with Gasteiger partial charge < -0.3 is 14.9 Å². The number of halogens is 2. The Morgan fingerprint density at radius 3 is 2.41 bits per heavy atom. The van der Waals surface area contributed by atoms with Gasteiger partial charge in [0.25, 0.3) is 5.91 Å². The molecule has 1 heterocycles. The number of nitrogens with zero attached hydrogens (tertiary/aromatic N) is 1. The number of oxime groups is 1. The molecule has 1 amide bonds. The Labute approximate surface area is 184 Å². The SMILES string of the molecule is O=C(NCc1ccc(COCc2ccccc2)cc1)C1CC(c2cc(F)ccc2F)=NO1. The van der Waals surface area contributed by atoms with Crippen LogP contribution in [0.3, 0.4) is 0 Å². The third kappa shape index (κ3) is 5.56. The minimum absolute atomic E-state index is 0.00497. The van der Waals surface area contributed by atoms with E-state index in [1.54, 1.807) is 0 Å². The third-order valence-corrected chi connectivity index (χ3v) is 5.07. The molecule has 3 aromatic rings. The summed E-state index contributed by atoms with van der Waals surface area (Å²) in [4.78, 5) is 17.5.